The number of nitrogens with one attached hydrogen (secondary N) is 1. The van der Waals surface area contributed by atoms with E-state index < -0.39 is 4.92 Å². The summed E-state index contributed by atoms with van der Waals surface area (Å²) < 4.78 is 0.533. The van der Waals surface area contributed by atoms with E-state index in [9.17, 15) is 10.1 Å². The van der Waals surface area contributed by atoms with Crippen LogP contribution in [0.25, 0.3) is 0 Å². The molecule has 1 aromatic heterocycles. The molecule has 2 rings (SSSR count). The lowest BCUT2D eigenvalue weighted by molar-refractivity contribution is -0.385. The van der Waals surface area contributed by atoms with Crippen molar-refractivity contribution in [3.8, 4) is 0 Å². The van der Waals surface area contributed by atoms with Crippen LogP contribution in [0.15, 0.2) is 41.0 Å². The first-order chi connectivity index (χ1) is 9.49. The van der Waals surface area contributed by atoms with E-state index in [0.29, 0.717) is 15.3 Å². The van der Waals surface area contributed by atoms with Gasteiger partial charge in [-0.15, -0.1) is 0 Å². The van der Waals surface area contributed by atoms with E-state index in [1.807, 2.05) is 31.2 Å². The van der Waals surface area contributed by atoms with Crippen LogP contribution in [-0.4, -0.2) is 9.91 Å². The topological polar surface area (TPSA) is 68.1 Å². The first-order valence-electron chi connectivity index (χ1n) is 5.80. The standard InChI is InChI=1S/C13H11BrClN3O2/c1-8(10-4-2-3-5-12(10)15)17-13-11(14)6-9(7-16-13)18(19)20/h2-8H,1H3,(H,16,17). The zero-order valence-electron chi connectivity index (χ0n) is 10.5. The fraction of sp³-hybridized carbons (Fsp3) is 0.154. The average Bonchev–Trinajstić information content (AvgIpc) is 2.41. The third-order valence-electron chi connectivity index (χ3n) is 2.76. The van der Waals surface area contributed by atoms with Crippen molar-refractivity contribution in [2.75, 3.05) is 5.32 Å². The largest absolute Gasteiger partial charge is 0.363 e. The molecule has 1 N–H and O–H groups in total. The van der Waals surface area contributed by atoms with Gasteiger partial charge in [0, 0.05) is 11.1 Å². The molecule has 0 aliphatic heterocycles. The lowest BCUT2D eigenvalue weighted by Gasteiger charge is -2.17. The molecule has 1 atom stereocenters. The molecular formula is C13H11BrClN3O2. The van der Waals surface area contributed by atoms with Crippen LogP contribution in [-0.2, 0) is 0 Å². The average molecular weight is 357 g/mol. The highest BCUT2D eigenvalue weighted by Gasteiger charge is 2.14. The number of benzene rings is 1. The fourth-order valence-corrected chi connectivity index (χ4v) is 2.49. The Morgan fingerprint density at radius 3 is 2.75 bits per heavy atom. The van der Waals surface area contributed by atoms with E-state index in [2.05, 4.69) is 26.2 Å². The maximum absolute atomic E-state index is 10.7. The summed E-state index contributed by atoms with van der Waals surface area (Å²) in [5.74, 6) is 0.531. The first-order valence-corrected chi connectivity index (χ1v) is 6.97. The SMILES string of the molecule is CC(Nc1ncc([N+](=O)[O-])cc1Br)c1ccccc1Cl. The van der Waals surface area contributed by atoms with Crippen LogP contribution in [0.1, 0.15) is 18.5 Å². The predicted octanol–water partition coefficient (Wildman–Crippen LogP) is 4.58. The van der Waals surface area contributed by atoms with Crippen LogP contribution in [0.3, 0.4) is 0 Å². The number of nitrogens with zero attached hydrogens (tertiary/aromatic N) is 2. The molecule has 0 bridgehead atoms. The van der Waals surface area contributed by atoms with Crippen LogP contribution in [0.2, 0.25) is 5.02 Å². The van der Waals surface area contributed by atoms with Gasteiger partial charge in [0.05, 0.1) is 15.4 Å². The number of hydrogen-bond acceptors (Lipinski definition) is 4. The van der Waals surface area contributed by atoms with Gasteiger partial charge < -0.3 is 5.32 Å². The van der Waals surface area contributed by atoms with Gasteiger partial charge in [0.1, 0.15) is 12.0 Å². The fourth-order valence-electron chi connectivity index (χ4n) is 1.74. The normalized spacial score (nSPS) is 11.9. The van der Waals surface area contributed by atoms with Gasteiger partial charge in [-0.05, 0) is 34.5 Å². The Morgan fingerprint density at radius 2 is 2.15 bits per heavy atom. The summed E-state index contributed by atoms with van der Waals surface area (Å²) in [4.78, 5) is 14.2. The second-order valence-corrected chi connectivity index (χ2v) is 5.43. The Kier molecular flexibility index (Phi) is 4.57. The minimum absolute atomic E-state index is 0.0622. The van der Waals surface area contributed by atoms with Gasteiger partial charge in [0.15, 0.2) is 0 Å². The molecule has 0 amide bonds. The van der Waals surface area contributed by atoms with Gasteiger partial charge in [0.25, 0.3) is 5.69 Å². The van der Waals surface area contributed by atoms with Crippen LogP contribution in [0.5, 0.6) is 0 Å². The van der Waals surface area contributed by atoms with Crippen molar-refractivity contribution in [2.45, 2.75) is 13.0 Å². The van der Waals surface area contributed by atoms with E-state index >= 15 is 0 Å². The van der Waals surface area contributed by atoms with Gasteiger partial charge in [-0.3, -0.25) is 10.1 Å². The van der Waals surface area contributed by atoms with Crippen molar-refractivity contribution in [3.05, 3.63) is 61.7 Å². The molecule has 7 heteroatoms. The lowest BCUT2D eigenvalue weighted by Crippen LogP contribution is -2.09. The van der Waals surface area contributed by atoms with Crippen LogP contribution < -0.4 is 5.32 Å². The van der Waals surface area contributed by atoms with Gasteiger partial charge in [-0.2, -0.15) is 0 Å². The molecule has 0 radical (unpaired) electrons. The van der Waals surface area contributed by atoms with E-state index in [-0.39, 0.29) is 11.7 Å². The Hall–Kier alpha value is -1.66. The summed E-state index contributed by atoms with van der Waals surface area (Å²) in [7, 11) is 0. The first kappa shape index (κ1) is 14.7. The van der Waals surface area contributed by atoms with Crippen LogP contribution in [0.4, 0.5) is 11.5 Å². The Bertz CT molecular complexity index is 651. The number of rotatable bonds is 4. The summed E-state index contributed by atoms with van der Waals surface area (Å²) in [5.41, 5.74) is 0.869. The number of hydrogen-bond donors (Lipinski definition) is 1. The molecule has 0 saturated heterocycles. The molecule has 20 heavy (non-hydrogen) atoms. The van der Waals surface area contributed by atoms with Crippen molar-refractivity contribution in [1.29, 1.82) is 0 Å². The van der Waals surface area contributed by atoms with Crippen molar-refractivity contribution in [2.24, 2.45) is 0 Å². The van der Waals surface area contributed by atoms with Crippen LogP contribution >= 0.6 is 27.5 Å². The third-order valence-corrected chi connectivity index (χ3v) is 3.71. The lowest BCUT2D eigenvalue weighted by atomic mass is 10.1. The van der Waals surface area contributed by atoms with E-state index in [1.165, 1.54) is 12.3 Å². The molecule has 104 valence electrons. The molecule has 1 heterocycles. The highest BCUT2D eigenvalue weighted by molar-refractivity contribution is 9.10. The van der Waals surface area contributed by atoms with Gasteiger partial charge in [0.2, 0.25) is 0 Å². The number of halogens is 2. The van der Waals surface area contributed by atoms with E-state index in [4.69, 9.17) is 11.6 Å². The van der Waals surface area contributed by atoms with Crippen molar-refractivity contribution >= 4 is 39.0 Å². The molecular weight excluding hydrogens is 346 g/mol. The molecule has 5 nitrogen and oxygen atoms in total. The molecule has 2 aromatic rings. The Balaban J connectivity index is 2.22. The second kappa shape index (κ2) is 6.19. The third kappa shape index (κ3) is 3.26. The maximum Gasteiger partial charge on any atom is 0.288 e. The quantitative estimate of drug-likeness (QED) is 0.643. The monoisotopic (exact) mass is 355 g/mol. The minimum Gasteiger partial charge on any atom is -0.363 e. The molecule has 0 aliphatic rings. The van der Waals surface area contributed by atoms with E-state index in [1.54, 1.807) is 0 Å². The summed E-state index contributed by atoms with van der Waals surface area (Å²) in [5, 5.41) is 14.5. The summed E-state index contributed by atoms with van der Waals surface area (Å²) >= 11 is 9.40. The molecule has 0 saturated carbocycles. The maximum atomic E-state index is 10.7. The van der Waals surface area contributed by atoms with Crippen molar-refractivity contribution in [1.82, 2.24) is 4.98 Å². The van der Waals surface area contributed by atoms with Crippen LogP contribution in [0, 0.1) is 10.1 Å². The number of nitro groups is 1. The number of aromatic nitrogens is 1. The summed E-state index contributed by atoms with van der Waals surface area (Å²) in [6.45, 7) is 1.94. The van der Waals surface area contributed by atoms with Gasteiger partial charge in [-0.25, -0.2) is 4.98 Å². The number of anilines is 1. The predicted molar refractivity (Wildman–Crippen MR) is 82.1 cm³/mol. The highest BCUT2D eigenvalue weighted by Crippen LogP contribution is 2.29. The minimum atomic E-state index is -0.487. The Labute approximate surface area is 129 Å². The van der Waals surface area contributed by atoms with Crippen molar-refractivity contribution < 1.29 is 4.92 Å². The summed E-state index contributed by atoms with van der Waals surface area (Å²) in [6.07, 6.45) is 1.21. The van der Waals surface area contributed by atoms with Gasteiger partial charge in [-0.1, -0.05) is 29.8 Å². The zero-order chi connectivity index (χ0) is 14.7. The molecule has 1 aromatic carbocycles. The van der Waals surface area contributed by atoms with Crippen molar-refractivity contribution in [3.63, 3.8) is 0 Å². The molecule has 0 spiro atoms. The Morgan fingerprint density at radius 1 is 1.45 bits per heavy atom. The second-order valence-electron chi connectivity index (χ2n) is 4.17. The molecule has 0 fully saturated rings. The number of pyridine rings is 1. The summed E-state index contributed by atoms with van der Waals surface area (Å²) in [6, 6.07) is 8.83. The van der Waals surface area contributed by atoms with Gasteiger partial charge >= 0.3 is 0 Å². The smallest absolute Gasteiger partial charge is 0.288 e. The van der Waals surface area contributed by atoms with E-state index in [0.717, 1.165) is 5.56 Å². The highest BCUT2D eigenvalue weighted by atomic mass is 79.9. The molecule has 0 aliphatic carbocycles. The molecule has 1 unspecified atom stereocenters. The zero-order valence-corrected chi connectivity index (χ0v) is 12.9.